The molecule has 4 heteroatoms. The maximum absolute atomic E-state index is 5.62. The fourth-order valence-electron chi connectivity index (χ4n) is 2.53. The molecule has 120 valence electrons. The second-order valence-electron chi connectivity index (χ2n) is 5.93. The van der Waals surface area contributed by atoms with Crippen LogP contribution in [0.4, 0.5) is 5.69 Å². The molecule has 1 aromatic carbocycles. The number of rotatable bonds is 6. The summed E-state index contributed by atoms with van der Waals surface area (Å²) in [6.45, 7) is 4.94. The molecule has 1 aliphatic carbocycles. The van der Waals surface area contributed by atoms with Gasteiger partial charge in [-0.15, -0.1) is 0 Å². The summed E-state index contributed by atoms with van der Waals surface area (Å²) in [5.74, 6) is 0.878. The van der Waals surface area contributed by atoms with Crippen LogP contribution in [0.1, 0.15) is 46.0 Å². The van der Waals surface area contributed by atoms with Gasteiger partial charge in [-0.05, 0) is 82.4 Å². The van der Waals surface area contributed by atoms with Crippen LogP contribution < -0.4 is 15.4 Å². The highest BCUT2D eigenvalue weighted by Gasteiger charge is 2.04. The number of benzene rings is 1. The van der Waals surface area contributed by atoms with Crippen molar-refractivity contribution in [3.05, 3.63) is 35.9 Å². The second kappa shape index (κ2) is 8.79. The highest BCUT2D eigenvalue weighted by atomic mass is 32.1. The predicted molar refractivity (Wildman–Crippen MR) is 97.6 cm³/mol. The lowest BCUT2D eigenvalue weighted by Gasteiger charge is -2.15. The van der Waals surface area contributed by atoms with E-state index in [1.54, 1.807) is 5.57 Å². The molecule has 0 fully saturated rings. The molecule has 1 aromatic rings. The first-order chi connectivity index (χ1) is 10.6. The maximum Gasteiger partial charge on any atom is 0.170 e. The molecule has 2 N–H and O–H groups in total. The van der Waals surface area contributed by atoms with Crippen LogP contribution >= 0.6 is 12.2 Å². The Morgan fingerprint density at radius 1 is 1.23 bits per heavy atom. The van der Waals surface area contributed by atoms with Gasteiger partial charge in [-0.1, -0.05) is 11.6 Å². The lowest BCUT2D eigenvalue weighted by Crippen LogP contribution is -2.29. The first-order valence-corrected chi connectivity index (χ1v) is 8.54. The third kappa shape index (κ3) is 6.06. The molecule has 2 rings (SSSR count). The van der Waals surface area contributed by atoms with Crippen molar-refractivity contribution in [2.75, 3.05) is 11.9 Å². The van der Waals surface area contributed by atoms with Gasteiger partial charge in [0.2, 0.25) is 0 Å². The van der Waals surface area contributed by atoms with Crippen molar-refractivity contribution in [1.29, 1.82) is 0 Å². The van der Waals surface area contributed by atoms with Crippen molar-refractivity contribution < 1.29 is 4.74 Å². The van der Waals surface area contributed by atoms with Gasteiger partial charge in [-0.3, -0.25) is 0 Å². The van der Waals surface area contributed by atoms with Crippen molar-refractivity contribution in [3.63, 3.8) is 0 Å². The molecule has 0 bridgehead atoms. The van der Waals surface area contributed by atoms with Crippen LogP contribution in [0.25, 0.3) is 0 Å². The van der Waals surface area contributed by atoms with Gasteiger partial charge in [-0.25, -0.2) is 0 Å². The van der Waals surface area contributed by atoms with Crippen LogP contribution in [0, 0.1) is 0 Å². The summed E-state index contributed by atoms with van der Waals surface area (Å²) < 4.78 is 5.62. The Hall–Kier alpha value is -1.55. The molecule has 0 saturated heterocycles. The van der Waals surface area contributed by atoms with Crippen molar-refractivity contribution >= 4 is 23.0 Å². The van der Waals surface area contributed by atoms with E-state index in [-0.39, 0.29) is 6.10 Å². The lowest BCUT2D eigenvalue weighted by molar-refractivity contribution is 0.242. The number of nitrogens with one attached hydrogen (secondary N) is 2. The fourth-order valence-corrected chi connectivity index (χ4v) is 2.75. The SMILES string of the molecule is CC(C)Oc1ccc(NC(=S)NCCC2=CCCCC2)cc1. The van der Waals surface area contributed by atoms with Crippen molar-refractivity contribution in [2.45, 2.75) is 52.1 Å². The number of ether oxygens (including phenoxy) is 1. The summed E-state index contributed by atoms with van der Waals surface area (Å²) in [4.78, 5) is 0. The Labute approximate surface area is 139 Å². The summed E-state index contributed by atoms with van der Waals surface area (Å²) in [5.41, 5.74) is 2.54. The summed E-state index contributed by atoms with van der Waals surface area (Å²) >= 11 is 5.33. The smallest absolute Gasteiger partial charge is 0.170 e. The molecule has 0 spiro atoms. The van der Waals surface area contributed by atoms with E-state index in [9.17, 15) is 0 Å². The Balaban J connectivity index is 1.71. The summed E-state index contributed by atoms with van der Waals surface area (Å²) in [7, 11) is 0. The van der Waals surface area contributed by atoms with E-state index >= 15 is 0 Å². The monoisotopic (exact) mass is 318 g/mol. The number of allylic oxidation sites excluding steroid dienone is 1. The molecule has 0 amide bonds. The molecule has 22 heavy (non-hydrogen) atoms. The average Bonchev–Trinajstić information content (AvgIpc) is 2.50. The molecule has 3 nitrogen and oxygen atoms in total. The number of anilines is 1. The first kappa shape index (κ1) is 16.8. The van der Waals surface area contributed by atoms with E-state index in [0.717, 1.165) is 24.4 Å². The normalized spacial score (nSPS) is 14.4. The zero-order valence-electron chi connectivity index (χ0n) is 13.5. The minimum Gasteiger partial charge on any atom is -0.491 e. The Morgan fingerprint density at radius 3 is 2.64 bits per heavy atom. The fraction of sp³-hybridized carbons (Fsp3) is 0.500. The standard InChI is InChI=1S/C18H26N2OS/c1-14(2)21-17-10-8-16(9-11-17)20-18(22)19-13-12-15-6-4-3-5-7-15/h6,8-11,14H,3-5,7,12-13H2,1-2H3,(H2,19,20,22). The molecule has 0 unspecified atom stereocenters. The Kier molecular flexibility index (Phi) is 6.72. The van der Waals surface area contributed by atoms with Crippen LogP contribution in [0.3, 0.4) is 0 Å². The van der Waals surface area contributed by atoms with E-state index in [0.29, 0.717) is 5.11 Å². The number of thiocarbonyl (C=S) groups is 1. The molecule has 0 radical (unpaired) electrons. The van der Waals surface area contributed by atoms with Crippen LogP contribution in [0.2, 0.25) is 0 Å². The Bertz CT molecular complexity index is 508. The minimum atomic E-state index is 0.190. The molecule has 0 atom stereocenters. The molecular weight excluding hydrogens is 292 g/mol. The third-order valence-electron chi connectivity index (χ3n) is 3.60. The molecular formula is C18H26N2OS. The van der Waals surface area contributed by atoms with E-state index in [2.05, 4.69) is 16.7 Å². The van der Waals surface area contributed by atoms with E-state index in [4.69, 9.17) is 17.0 Å². The van der Waals surface area contributed by atoms with Crippen molar-refractivity contribution in [2.24, 2.45) is 0 Å². The van der Waals surface area contributed by atoms with E-state index in [1.807, 2.05) is 38.1 Å². The lowest BCUT2D eigenvalue weighted by atomic mass is 9.97. The molecule has 1 aliphatic rings. The van der Waals surface area contributed by atoms with Gasteiger partial charge >= 0.3 is 0 Å². The maximum atomic E-state index is 5.62. The topological polar surface area (TPSA) is 33.3 Å². The van der Waals surface area contributed by atoms with Crippen LogP contribution in [0.15, 0.2) is 35.9 Å². The molecule has 0 saturated carbocycles. The average molecular weight is 318 g/mol. The zero-order chi connectivity index (χ0) is 15.8. The van der Waals surface area contributed by atoms with Gasteiger partial charge in [-0.2, -0.15) is 0 Å². The van der Waals surface area contributed by atoms with Gasteiger partial charge in [0.25, 0.3) is 0 Å². The van der Waals surface area contributed by atoms with Crippen LogP contribution in [0.5, 0.6) is 5.75 Å². The van der Waals surface area contributed by atoms with Gasteiger partial charge in [0.1, 0.15) is 5.75 Å². The summed E-state index contributed by atoms with van der Waals surface area (Å²) in [6, 6.07) is 7.88. The highest BCUT2D eigenvalue weighted by molar-refractivity contribution is 7.80. The second-order valence-corrected chi connectivity index (χ2v) is 6.34. The van der Waals surface area contributed by atoms with Crippen molar-refractivity contribution in [3.8, 4) is 5.75 Å². The third-order valence-corrected chi connectivity index (χ3v) is 3.85. The first-order valence-electron chi connectivity index (χ1n) is 8.13. The minimum absolute atomic E-state index is 0.190. The van der Waals surface area contributed by atoms with E-state index in [1.165, 1.54) is 25.7 Å². The quantitative estimate of drug-likeness (QED) is 0.591. The molecule has 0 aliphatic heterocycles. The summed E-state index contributed by atoms with van der Waals surface area (Å²) in [5, 5.41) is 7.15. The van der Waals surface area contributed by atoms with Crippen molar-refractivity contribution in [1.82, 2.24) is 5.32 Å². The van der Waals surface area contributed by atoms with Crippen LogP contribution in [-0.4, -0.2) is 17.8 Å². The van der Waals surface area contributed by atoms with Gasteiger partial charge in [0.05, 0.1) is 6.10 Å². The highest BCUT2D eigenvalue weighted by Crippen LogP contribution is 2.19. The van der Waals surface area contributed by atoms with Gasteiger partial charge in [0.15, 0.2) is 5.11 Å². The Morgan fingerprint density at radius 2 is 2.00 bits per heavy atom. The predicted octanol–water partition coefficient (Wildman–Crippen LogP) is 4.65. The largest absolute Gasteiger partial charge is 0.491 e. The van der Waals surface area contributed by atoms with Gasteiger partial charge < -0.3 is 15.4 Å². The van der Waals surface area contributed by atoms with Gasteiger partial charge in [0, 0.05) is 12.2 Å². The summed E-state index contributed by atoms with van der Waals surface area (Å²) in [6.07, 6.45) is 8.82. The van der Waals surface area contributed by atoms with Crippen LogP contribution in [-0.2, 0) is 0 Å². The number of hydrogen-bond acceptors (Lipinski definition) is 2. The van der Waals surface area contributed by atoms with E-state index < -0.39 is 0 Å². The zero-order valence-corrected chi connectivity index (χ0v) is 14.3. The molecule has 0 heterocycles. The number of hydrogen-bond donors (Lipinski definition) is 2. The molecule has 0 aromatic heterocycles.